The van der Waals surface area contributed by atoms with Crippen LogP contribution in [0.15, 0.2) is 18.2 Å². The van der Waals surface area contributed by atoms with E-state index in [-0.39, 0.29) is 5.91 Å². The van der Waals surface area contributed by atoms with Gasteiger partial charge in [-0.25, -0.2) is 4.98 Å². The Kier molecular flexibility index (Phi) is 3.88. The van der Waals surface area contributed by atoms with Crippen LogP contribution in [-0.2, 0) is 0 Å². The number of carbonyl (C=O) groups excluding carboxylic acids is 1. The van der Waals surface area contributed by atoms with Crippen LogP contribution in [0.4, 0.5) is 0 Å². The molecule has 0 fully saturated rings. The van der Waals surface area contributed by atoms with Crippen LogP contribution < -0.4 is 5.32 Å². The lowest BCUT2D eigenvalue weighted by Crippen LogP contribution is -2.23. The van der Waals surface area contributed by atoms with Crippen LogP contribution >= 0.6 is 0 Å². The summed E-state index contributed by atoms with van der Waals surface area (Å²) in [5, 5.41) is 2.88. The van der Waals surface area contributed by atoms with Crippen LogP contribution in [0.25, 0.3) is 11.0 Å². The largest absolute Gasteiger partial charge is 0.352 e. The van der Waals surface area contributed by atoms with Gasteiger partial charge in [0, 0.05) is 18.2 Å². The summed E-state index contributed by atoms with van der Waals surface area (Å²) in [6, 6.07) is 6.08. The summed E-state index contributed by atoms with van der Waals surface area (Å²) in [4.78, 5) is 16.5. The minimum Gasteiger partial charge on any atom is -0.352 e. The van der Waals surface area contributed by atoms with Crippen LogP contribution in [0.1, 0.15) is 49.4 Å². The van der Waals surface area contributed by atoms with Crippen LogP contribution in [0.3, 0.4) is 0 Å². The highest BCUT2D eigenvalue weighted by atomic mass is 16.1. The second-order valence-electron chi connectivity index (χ2n) is 5.08. The van der Waals surface area contributed by atoms with Crippen molar-refractivity contribution in [3.05, 3.63) is 29.6 Å². The summed E-state index contributed by atoms with van der Waals surface area (Å²) >= 11 is 0. The molecule has 2 aromatic rings. The number of carbonyl (C=O) groups is 1. The van der Waals surface area contributed by atoms with Crippen molar-refractivity contribution < 1.29 is 4.79 Å². The van der Waals surface area contributed by atoms with Gasteiger partial charge in [-0.2, -0.15) is 0 Å². The van der Waals surface area contributed by atoms with Crippen molar-refractivity contribution in [2.24, 2.45) is 0 Å². The first kappa shape index (κ1) is 13.6. The van der Waals surface area contributed by atoms with Gasteiger partial charge in [0.15, 0.2) is 0 Å². The number of aromatic nitrogens is 2. The van der Waals surface area contributed by atoms with Gasteiger partial charge in [0.25, 0.3) is 5.91 Å². The topological polar surface area (TPSA) is 46.9 Å². The second kappa shape index (κ2) is 5.43. The van der Waals surface area contributed by atoms with E-state index in [1.54, 1.807) is 0 Å². The average Bonchev–Trinajstić information content (AvgIpc) is 2.70. The van der Waals surface area contributed by atoms with Gasteiger partial charge in [0.05, 0.1) is 11.0 Å². The molecule has 1 amide bonds. The summed E-state index contributed by atoms with van der Waals surface area (Å²) in [7, 11) is 0. The Morgan fingerprint density at radius 2 is 2.16 bits per heavy atom. The normalized spacial score (nSPS) is 11.2. The molecule has 4 nitrogen and oxygen atoms in total. The molecule has 1 heterocycles. The molecule has 0 aliphatic heterocycles. The Bertz CT molecular complexity index is 599. The molecular formula is C15H21N3O. The van der Waals surface area contributed by atoms with E-state index in [0.29, 0.717) is 18.2 Å². The molecule has 1 aromatic carbocycles. The van der Waals surface area contributed by atoms with E-state index >= 15 is 0 Å². The van der Waals surface area contributed by atoms with E-state index in [1.807, 2.05) is 32.0 Å². The molecule has 1 N–H and O–H groups in total. The monoisotopic (exact) mass is 259 g/mol. The minimum absolute atomic E-state index is 0.0273. The van der Waals surface area contributed by atoms with E-state index in [9.17, 15) is 4.79 Å². The molecule has 0 radical (unpaired) electrons. The van der Waals surface area contributed by atoms with Gasteiger partial charge >= 0.3 is 0 Å². The van der Waals surface area contributed by atoms with Gasteiger partial charge in [-0.3, -0.25) is 4.79 Å². The standard InChI is InChI=1S/C15H21N3O/c1-5-8-16-15(19)12-6-7-14-13(9-12)17-11(4)18(14)10(2)3/h6-7,9-10H,5,8H2,1-4H3,(H,16,19). The Balaban J connectivity index is 2.39. The lowest BCUT2D eigenvalue weighted by atomic mass is 10.2. The highest BCUT2D eigenvalue weighted by Crippen LogP contribution is 2.21. The lowest BCUT2D eigenvalue weighted by molar-refractivity contribution is 0.0954. The first-order valence-electron chi connectivity index (χ1n) is 6.81. The Morgan fingerprint density at radius 1 is 1.42 bits per heavy atom. The molecule has 0 saturated heterocycles. The van der Waals surface area contributed by atoms with Gasteiger partial charge in [-0.15, -0.1) is 0 Å². The molecule has 19 heavy (non-hydrogen) atoms. The predicted molar refractivity (Wildman–Crippen MR) is 77.5 cm³/mol. The van der Waals surface area contributed by atoms with Crippen molar-refractivity contribution in [3.63, 3.8) is 0 Å². The van der Waals surface area contributed by atoms with E-state index in [1.165, 1.54) is 0 Å². The fraction of sp³-hybridized carbons (Fsp3) is 0.467. The zero-order chi connectivity index (χ0) is 14.0. The third-order valence-corrected chi connectivity index (χ3v) is 3.18. The fourth-order valence-corrected chi connectivity index (χ4v) is 2.35. The van der Waals surface area contributed by atoms with E-state index in [4.69, 9.17) is 0 Å². The van der Waals surface area contributed by atoms with Gasteiger partial charge in [-0.05, 0) is 45.4 Å². The summed E-state index contributed by atoms with van der Waals surface area (Å²) in [6.45, 7) is 9.01. The molecule has 0 atom stereocenters. The van der Waals surface area contributed by atoms with E-state index < -0.39 is 0 Å². The second-order valence-corrected chi connectivity index (χ2v) is 5.08. The van der Waals surface area contributed by atoms with Crippen molar-refractivity contribution in [2.75, 3.05) is 6.54 Å². The molecule has 1 aromatic heterocycles. The number of nitrogens with zero attached hydrogens (tertiary/aromatic N) is 2. The summed E-state index contributed by atoms with van der Waals surface area (Å²) in [6.07, 6.45) is 0.940. The Hall–Kier alpha value is -1.84. The Morgan fingerprint density at radius 3 is 2.79 bits per heavy atom. The quantitative estimate of drug-likeness (QED) is 0.917. The average molecular weight is 259 g/mol. The maximum atomic E-state index is 11.9. The number of nitrogens with one attached hydrogen (secondary N) is 1. The van der Waals surface area contributed by atoms with Gasteiger partial charge < -0.3 is 9.88 Å². The molecule has 0 bridgehead atoms. The third kappa shape index (κ3) is 2.62. The number of rotatable bonds is 4. The summed E-state index contributed by atoms with van der Waals surface area (Å²) in [5.41, 5.74) is 2.64. The first-order chi connectivity index (χ1) is 9.04. The number of aryl methyl sites for hydroxylation is 1. The Labute approximate surface area is 113 Å². The maximum absolute atomic E-state index is 11.9. The summed E-state index contributed by atoms with van der Waals surface area (Å²) in [5.74, 6) is 0.955. The molecule has 4 heteroatoms. The van der Waals surface area contributed by atoms with Crippen molar-refractivity contribution in [1.29, 1.82) is 0 Å². The predicted octanol–water partition coefficient (Wildman–Crippen LogP) is 3.07. The highest BCUT2D eigenvalue weighted by Gasteiger charge is 2.12. The molecule has 102 valence electrons. The van der Waals surface area contributed by atoms with Crippen LogP contribution in [0.2, 0.25) is 0 Å². The van der Waals surface area contributed by atoms with E-state index in [0.717, 1.165) is 23.3 Å². The lowest BCUT2D eigenvalue weighted by Gasteiger charge is -2.10. The number of benzene rings is 1. The van der Waals surface area contributed by atoms with Gasteiger partial charge in [0.2, 0.25) is 0 Å². The zero-order valence-corrected chi connectivity index (χ0v) is 12.0. The maximum Gasteiger partial charge on any atom is 0.251 e. The number of fused-ring (bicyclic) bond motifs is 1. The third-order valence-electron chi connectivity index (χ3n) is 3.18. The van der Waals surface area contributed by atoms with Crippen LogP contribution in [0.5, 0.6) is 0 Å². The minimum atomic E-state index is -0.0273. The highest BCUT2D eigenvalue weighted by molar-refractivity contribution is 5.97. The molecule has 2 rings (SSSR count). The number of hydrogen-bond acceptors (Lipinski definition) is 2. The molecule has 0 saturated carbocycles. The number of amides is 1. The van der Waals surface area contributed by atoms with Crippen molar-refractivity contribution in [1.82, 2.24) is 14.9 Å². The van der Waals surface area contributed by atoms with Crippen LogP contribution in [-0.4, -0.2) is 22.0 Å². The van der Waals surface area contributed by atoms with E-state index in [2.05, 4.69) is 28.7 Å². The molecule has 0 aliphatic carbocycles. The SMILES string of the molecule is CCCNC(=O)c1ccc2c(c1)nc(C)n2C(C)C. The van der Waals surface area contributed by atoms with Gasteiger partial charge in [0.1, 0.15) is 5.82 Å². The zero-order valence-electron chi connectivity index (χ0n) is 12.0. The van der Waals surface area contributed by atoms with Crippen molar-refractivity contribution in [3.8, 4) is 0 Å². The smallest absolute Gasteiger partial charge is 0.251 e. The number of imidazole rings is 1. The molecule has 0 aliphatic rings. The molecular weight excluding hydrogens is 238 g/mol. The van der Waals surface area contributed by atoms with Crippen LogP contribution in [0, 0.1) is 6.92 Å². The fourth-order valence-electron chi connectivity index (χ4n) is 2.35. The first-order valence-corrected chi connectivity index (χ1v) is 6.81. The number of hydrogen-bond donors (Lipinski definition) is 1. The molecule has 0 unspecified atom stereocenters. The molecule has 0 spiro atoms. The van der Waals surface area contributed by atoms with Gasteiger partial charge in [-0.1, -0.05) is 6.92 Å². The van der Waals surface area contributed by atoms with Crippen molar-refractivity contribution >= 4 is 16.9 Å². The summed E-state index contributed by atoms with van der Waals surface area (Å²) < 4.78 is 2.18. The van der Waals surface area contributed by atoms with Crippen molar-refractivity contribution in [2.45, 2.75) is 40.2 Å².